The first-order chi connectivity index (χ1) is 18.5. The lowest BCUT2D eigenvalue weighted by Gasteiger charge is -2.35. The fourth-order valence-electron chi connectivity index (χ4n) is 4.92. The van der Waals surface area contributed by atoms with Crippen LogP contribution in [0.25, 0.3) is 0 Å². The Kier molecular flexibility index (Phi) is 7.62. The van der Waals surface area contributed by atoms with Gasteiger partial charge in [-0.15, -0.1) is 0 Å². The molecule has 5 rings (SSSR count). The molecule has 2 amide bonds. The number of anilines is 1. The van der Waals surface area contributed by atoms with Gasteiger partial charge in [-0.1, -0.05) is 31.4 Å². The third-order valence-electron chi connectivity index (χ3n) is 6.86. The standard InChI is InChI=1S/C29H30N2O7/c1-35-29(34)19-13-15-21(16-14-19)31(28(33)25-18-37-22-10-5-6-11-23(22)38-25)26(24-12-7-17-36-24)27(32)30-20-8-3-2-4-9-20/h5-7,10-17,20,25-26H,2-4,8-9,18H2,1H3,(H,30,32)/t25-,26-/m0/s1. The molecule has 3 aromatic rings. The van der Waals surface area contributed by atoms with E-state index < -0.39 is 24.0 Å². The minimum absolute atomic E-state index is 0.0218. The van der Waals surface area contributed by atoms with Crippen LogP contribution >= 0.6 is 0 Å². The van der Waals surface area contributed by atoms with Gasteiger partial charge in [0.15, 0.2) is 17.5 Å². The summed E-state index contributed by atoms with van der Waals surface area (Å²) in [7, 11) is 1.30. The van der Waals surface area contributed by atoms with Crippen molar-refractivity contribution in [2.24, 2.45) is 0 Å². The molecule has 0 radical (unpaired) electrons. The van der Waals surface area contributed by atoms with Gasteiger partial charge in [-0.3, -0.25) is 14.5 Å². The second kappa shape index (κ2) is 11.4. The molecule has 1 saturated carbocycles. The molecule has 2 atom stereocenters. The highest BCUT2D eigenvalue weighted by Crippen LogP contribution is 2.35. The van der Waals surface area contributed by atoms with Crippen LogP contribution in [0.4, 0.5) is 5.69 Å². The highest BCUT2D eigenvalue weighted by molar-refractivity contribution is 6.03. The van der Waals surface area contributed by atoms with Gasteiger partial charge in [-0.05, 0) is 61.4 Å². The zero-order chi connectivity index (χ0) is 26.5. The summed E-state index contributed by atoms with van der Waals surface area (Å²) in [6.07, 6.45) is 5.46. The summed E-state index contributed by atoms with van der Waals surface area (Å²) in [5.74, 6) is -0.0455. The van der Waals surface area contributed by atoms with Crippen molar-refractivity contribution in [3.63, 3.8) is 0 Å². The van der Waals surface area contributed by atoms with E-state index in [1.165, 1.54) is 18.3 Å². The SMILES string of the molecule is COC(=O)c1ccc(N(C(=O)[C@@H]2COc3ccccc3O2)[C@H](C(=O)NC2CCCCC2)c2ccco2)cc1. The van der Waals surface area contributed by atoms with E-state index in [4.69, 9.17) is 18.6 Å². The second-order valence-corrected chi connectivity index (χ2v) is 9.37. The molecule has 1 aromatic heterocycles. The number of carbonyl (C=O) groups is 3. The summed E-state index contributed by atoms with van der Waals surface area (Å²) in [6.45, 7) is -0.0261. The van der Waals surface area contributed by atoms with Gasteiger partial charge in [0.25, 0.3) is 11.8 Å². The van der Waals surface area contributed by atoms with Gasteiger partial charge >= 0.3 is 5.97 Å². The van der Waals surface area contributed by atoms with E-state index in [1.54, 1.807) is 54.6 Å². The number of benzene rings is 2. The second-order valence-electron chi connectivity index (χ2n) is 9.37. The van der Waals surface area contributed by atoms with Crippen LogP contribution in [-0.2, 0) is 14.3 Å². The van der Waals surface area contributed by atoms with Gasteiger partial charge in [0.1, 0.15) is 12.4 Å². The number of nitrogens with one attached hydrogen (secondary N) is 1. The van der Waals surface area contributed by atoms with Crippen LogP contribution < -0.4 is 19.7 Å². The molecule has 0 unspecified atom stereocenters. The van der Waals surface area contributed by atoms with Crippen molar-refractivity contribution in [1.82, 2.24) is 5.32 Å². The third-order valence-corrected chi connectivity index (χ3v) is 6.86. The highest BCUT2D eigenvalue weighted by atomic mass is 16.6. The number of methoxy groups -OCH3 is 1. The molecule has 1 N–H and O–H groups in total. The quantitative estimate of drug-likeness (QED) is 0.461. The molecular weight excluding hydrogens is 488 g/mol. The van der Waals surface area contributed by atoms with Crippen molar-refractivity contribution in [2.45, 2.75) is 50.3 Å². The normalized spacial score (nSPS) is 17.8. The molecule has 198 valence electrons. The van der Waals surface area contributed by atoms with Crippen molar-refractivity contribution in [2.75, 3.05) is 18.6 Å². The molecule has 0 bridgehead atoms. The summed E-state index contributed by atoms with van der Waals surface area (Å²) >= 11 is 0. The fourth-order valence-corrected chi connectivity index (χ4v) is 4.92. The van der Waals surface area contributed by atoms with E-state index in [-0.39, 0.29) is 18.6 Å². The van der Waals surface area contributed by atoms with Crippen molar-refractivity contribution in [3.05, 3.63) is 78.3 Å². The number of carbonyl (C=O) groups excluding carboxylic acids is 3. The number of fused-ring (bicyclic) bond motifs is 1. The van der Waals surface area contributed by atoms with Gasteiger partial charge in [0, 0.05) is 11.7 Å². The average molecular weight is 519 g/mol. The Morgan fingerprint density at radius 1 is 0.947 bits per heavy atom. The fraction of sp³-hybridized carbons (Fsp3) is 0.345. The number of furan rings is 1. The summed E-state index contributed by atoms with van der Waals surface area (Å²) in [5.41, 5.74) is 0.710. The summed E-state index contributed by atoms with van der Waals surface area (Å²) < 4.78 is 22.3. The number of hydrogen-bond acceptors (Lipinski definition) is 7. The van der Waals surface area contributed by atoms with Gasteiger partial charge in [0.2, 0.25) is 6.10 Å². The number of nitrogens with zero attached hydrogens (tertiary/aromatic N) is 1. The van der Waals surface area contributed by atoms with E-state index >= 15 is 0 Å². The predicted octanol–water partition coefficient (Wildman–Crippen LogP) is 4.43. The van der Waals surface area contributed by atoms with Crippen LogP contribution in [0.15, 0.2) is 71.3 Å². The number of esters is 1. The Morgan fingerprint density at radius 2 is 1.68 bits per heavy atom. The van der Waals surface area contributed by atoms with Crippen LogP contribution in [0.3, 0.4) is 0 Å². The molecule has 2 aromatic carbocycles. The monoisotopic (exact) mass is 518 g/mol. The molecular formula is C29H30N2O7. The number of rotatable bonds is 7. The predicted molar refractivity (Wildman–Crippen MR) is 138 cm³/mol. The molecule has 1 aliphatic carbocycles. The molecule has 9 heteroatoms. The summed E-state index contributed by atoms with van der Waals surface area (Å²) in [4.78, 5) is 41.3. The third kappa shape index (κ3) is 5.37. The zero-order valence-electron chi connectivity index (χ0n) is 21.1. The Labute approximate surface area is 220 Å². The Morgan fingerprint density at radius 3 is 2.37 bits per heavy atom. The first-order valence-electron chi connectivity index (χ1n) is 12.8. The summed E-state index contributed by atoms with van der Waals surface area (Å²) in [5, 5.41) is 3.13. The van der Waals surface area contributed by atoms with Gasteiger partial charge in [-0.2, -0.15) is 0 Å². The van der Waals surface area contributed by atoms with E-state index in [0.717, 1.165) is 32.1 Å². The van der Waals surface area contributed by atoms with Crippen molar-refractivity contribution >= 4 is 23.5 Å². The maximum absolute atomic E-state index is 14.1. The number of hydrogen-bond donors (Lipinski definition) is 1. The zero-order valence-corrected chi connectivity index (χ0v) is 21.1. The van der Waals surface area contributed by atoms with E-state index in [1.807, 2.05) is 6.07 Å². The van der Waals surface area contributed by atoms with Crippen molar-refractivity contribution in [3.8, 4) is 11.5 Å². The highest BCUT2D eigenvalue weighted by Gasteiger charge is 2.41. The maximum Gasteiger partial charge on any atom is 0.337 e. The molecule has 0 saturated heterocycles. The lowest BCUT2D eigenvalue weighted by Crippen LogP contribution is -2.52. The maximum atomic E-state index is 14.1. The lowest BCUT2D eigenvalue weighted by atomic mass is 9.95. The van der Waals surface area contributed by atoms with Crippen LogP contribution in [-0.4, -0.2) is 43.6 Å². The average Bonchev–Trinajstić information content (AvgIpc) is 3.50. The topological polar surface area (TPSA) is 107 Å². The van der Waals surface area contributed by atoms with Crippen LogP contribution in [0, 0.1) is 0 Å². The number of para-hydroxylation sites is 2. The van der Waals surface area contributed by atoms with Gasteiger partial charge in [0.05, 0.1) is 18.9 Å². The molecule has 2 aliphatic rings. The lowest BCUT2D eigenvalue weighted by molar-refractivity contribution is -0.132. The first kappa shape index (κ1) is 25.4. The van der Waals surface area contributed by atoms with Crippen molar-refractivity contribution in [1.29, 1.82) is 0 Å². The Bertz CT molecular complexity index is 1270. The molecule has 38 heavy (non-hydrogen) atoms. The van der Waals surface area contributed by atoms with Crippen LogP contribution in [0.1, 0.15) is 54.3 Å². The Balaban J connectivity index is 1.52. The Hall–Kier alpha value is -4.27. The van der Waals surface area contributed by atoms with E-state index in [0.29, 0.717) is 28.5 Å². The minimum atomic E-state index is -1.11. The van der Waals surface area contributed by atoms with Crippen LogP contribution in [0.5, 0.6) is 11.5 Å². The molecule has 1 aliphatic heterocycles. The van der Waals surface area contributed by atoms with Gasteiger partial charge < -0.3 is 23.9 Å². The molecule has 1 fully saturated rings. The molecule has 0 spiro atoms. The molecule has 2 heterocycles. The summed E-state index contributed by atoms with van der Waals surface area (Å²) in [6, 6.07) is 15.7. The van der Waals surface area contributed by atoms with Crippen molar-refractivity contribution < 1.29 is 33.0 Å². The minimum Gasteiger partial charge on any atom is -0.485 e. The van der Waals surface area contributed by atoms with Gasteiger partial charge in [-0.25, -0.2) is 4.79 Å². The first-order valence-corrected chi connectivity index (χ1v) is 12.8. The smallest absolute Gasteiger partial charge is 0.337 e. The van der Waals surface area contributed by atoms with E-state index in [2.05, 4.69) is 5.32 Å². The largest absolute Gasteiger partial charge is 0.485 e. The molecule has 9 nitrogen and oxygen atoms in total. The number of ether oxygens (including phenoxy) is 3. The number of amides is 2. The van der Waals surface area contributed by atoms with E-state index in [9.17, 15) is 14.4 Å². The van der Waals surface area contributed by atoms with Crippen LogP contribution in [0.2, 0.25) is 0 Å².